The third-order valence-corrected chi connectivity index (χ3v) is 5.23. The van der Waals surface area contributed by atoms with E-state index in [1.807, 2.05) is 11.8 Å². The molecule has 2 amide bonds. The van der Waals surface area contributed by atoms with Crippen LogP contribution in [0.25, 0.3) is 0 Å². The molecular weight excluding hydrogens is 290 g/mol. The lowest BCUT2D eigenvalue weighted by Crippen LogP contribution is -2.57. The Morgan fingerprint density at radius 3 is 2.95 bits per heavy atom. The number of nitrogens with zero attached hydrogens (tertiary/aromatic N) is 1. The molecule has 2 N–H and O–H groups in total. The molecule has 2 unspecified atom stereocenters. The maximum Gasteiger partial charge on any atom is 0.245 e. The van der Waals surface area contributed by atoms with Gasteiger partial charge in [0.25, 0.3) is 0 Å². The van der Waals surface area contributed by atoms with Crippen molar-refractivity contribution in [3.63, 3.8) is 0 Å². The Hall–Kier alpha value is -0.790. The van der Waals surface area contributed by atoms with E-state index in [0.717, 1.165) is 30.9 Å². The average Bonchev–Trinajstić information content (AvgIpc) is 3.32. The van der Waals surface area contributed by atoms with Crippen molar-refractivity contribution in [1.82, 2.24) is 15.5 Å². The third kappa shape index (κ3) is 4.11. The Morgan fingerprint density at radius 2 is 2.24 bits per heavy atom. The fourth-order valence-electron chi connectivity index (χ4n) is 2.72. The van der Waals surface area contributed by atoms with E-state index in [2.05, 4.69) is 10.6 Å². The van der Waals surface area contributed by atoms with Crippen LogP contribution in [0.5, 0.6) is 0 Å². The topological polar surface area (TPSA) is 70.7 Å². The van der Waals surface area contributed by atoms with E-state index < -0.39 is 6.04 Å². The van der Waals surface area contributed by atoms with Gasteiger partial charge in [0.05, 0.1) is 13.2 Å². The fourth-order valence-corrected chi connectivity index (χ4v) is 3.67. The highest BCUT2D eigenvalue weighted by Gasteiger charge is 2.36. The van der Waals surface area contributed by atoms with Crippen molar-refractivity contribution in [1.29, 1.82) is 0 Å². The first-order valence-corrected chi connectivity index (χ1v) is 8.88. The zero-order valence-electron chi connectivity index (χ0n) is 12.2. The maximum absolute atomic E-state index is 12.5. The molecule has 118 valence electrons. The van der Waals surface area contributed by atoms with Crippen molar-refractivity contribution in [2.24, 2.45) is 0 Å². The molecule has 1 saturated carbocycles. The summed E-state index contributed by atoms with van der Waals surface area (Å²) in [6.07, 6.45) is 2.58. The third-order valence-electron chi connectivity index (χ3n) is 4.09. The predicted octanol–water partition coefficient (Wildman–Crippen LogP) is -0.412. The quantitative estimate of drug-likeness (QED) is 0.738. The predicted molar refractivity (Wildman–Crippen MR) is 81.2 cm³/mol. The molecule has 6 nitrogen and oxygen atoms in total. The van der Waals surface area contributed by atoms with E-state index in [4.69, 9.17) is 4.74 Å². The zero-order chi connectivity index (χ0) is 14.7. The van der Waals surface area contributed by atoms with Gasteiger partial charge in [-0.2, -0.15) is 11.8 Å². The number of carbonyl (C=O) groups is 2. The van der Waals surface area contributed by atoms with E-state index in [-0.39, 0.29) is 17.9 Å². The van der Waals surface area contributed by atoms with Crippen LogP contribution in [-0.4, -0.2) is 72.6 Å². The summed E-state index contributed by atoms with van der Waals surface area (Å²) in [5.74, 6) is 2.08. The average molecular weight is 313 g/mol. The SMILES string of the molecule is O=C(NC1CC1)C1COCCN1C(=O)CC1CSCCN1. The Bertz CT molecular complexity index is 397. The minimum absolute atomic E-state index is 0.0588. The van der Waals surface area contributed by atoms with Gasteiger partial charge < -0.3 is 20.3 Å². The lowest BCUT2D eigenvalue weighted by atomic mass is 10.1. The molecule has 0 aromatic rings. The lowest BCUT2D eigenvalue weighted by Gasteiger charge is -2.36. The zero-order valence-corrected chi connectivity index (χ0v) is 13.0. The van der Waals surface area contributed by atoms with Crippen molar-refractivity contribution in [2.45, 2.75) is 37.4 Å². The highest BCUT2D eigenvalue weighted by molar-refractivity contribution is 7.99. The van der Waals surface area contributed by atoms with Gasteiger partial charge in [-0.1, -0.05) is 0 Å². The minimum Gasteiger partial charge on any atom is -0.377 e. The summed E-state index contributed by atoms with van der Waals surface area (Å²) in [6.45, 7) is 2.31. The van der Waals surface area contributed by atoms with Gasteiger partial charge in [-0.15, -0.1) is 0 Å². The van der Waals surface area contributed by atoms with Gasteiger partial charge in [-0.3, -0.25) is 9.59 Å². The number of rotatable bonds is 4. The van der Waals surface area contributed by atoms with Crippen molar-refractivity contribution in [3.05, 3.63) is 0 Å². The summed E-state index contributed by atoms with van der Waals surface area (Å²) in [4.78, 5) is 26.5. The van der Waals surface area contributed by atoms with Crippen LogP contribution in [0.4, 0.5) is 0 Å². The van der Waals surface area contributed by atoms with Crippen LogP contribution in [0.15, 0.2) is 0 Å². The number of thioether (sulfide) groups is 1. The molecule has 0 spiro atoms. The molecule has 2 saturated heterocycles. The van der Waals surface area contributed by atoms with E-state index in [1.165, 1.54) is 0 Å². The van der Waals surface area contributed by atoms with Gasteiger partial charge >= 0.3 is 0 Å². The molecule has 3 fully saturated rings. The van der Waals surface area contributed by atoms with E-state index >= 15 is 0 Å². The largest absolute Gasteiger partial charge is 0.377 e. The molecule has 3 rings (SSSR count). The molecule has 0 aromatic heterocycles. The molecule has 2 heterocycles. The molecule has 2 aliphatic heterocycles. The molecule has 0 aromatic carbocycles. The van der Waals surface area contributed by atoms with Gasteiger partial charge in [0.1, 0.15) is 6.04 Å². The van der Waals surface area contributed by atoms with Crippen LogP contribution in [0.2, 0.25) is 0 Å². The number of hydrogen-bond donors (Lipinski definition) is 2. The maximum atomic E-state index is 12.5. The number of hydrogen-bond acceptors (Lipinski definition) is 5. The summed E-state index contributed by atoms with van der Waals surface area (Å²) in [7, 11) is 0. The van der Waals surface area contributed by atoms with E-state index in [9.17, 15) is 9.59 Å². The second kappa shape index (κ2) is 6.98. The standard InChI is InChI=1S/C14H23N3O3S/c18-13(7-11-9-21-6-3-15-11)17-4-5-20-8-12(17)14(19)16-10-1-2-10/h10-12,15H,1-9H2,(H,16,19). The van der Waals surface area contributed by atoms with Crippen LogP contribution in [0, 0.1) is 0 Å². The van der Waals surface area contributed by atoms with E-state index in [0.29, 0.717) is 32.2 Å². The lowest BCUT2D eigenvalue weighted by molar-refractivity contribution is -0.148. The van der Waals surface area contributed by atoms with Crippen LogP contribution < -0.4 is 10.6 Å². The first-order valence-electron chi connectivity index (χ1n) is 7.73. The van der Waals surface area contributed by atoms with Gasteiger partial charge in [-0.25, -0.2) is 0 Å². The van der Waals surface area contributed by atoms with Crippen LogP contribution in [-0.2, 0) is 14.3 Å². The smallest absolute Gasteiger partial charge is 0.245 e. The highest BCUT2D eigenvalue weighted by atomic mass is 32.2. The molecule has 3 aliphatic rings. The first kappa shape index (κ1) is 15.1. The second-order valence-corrected chi connectivity index (χ2v) is 7.04. The minimum atomic E-state index is -0.455. The number of carbonyl (C=O) groups excluding carboxylic acids is 2. The molecular formula is C14H23N3O3S. The molecule has 0 radical (unpaired) electrons. The van der Waals surface area contributed by atoms with Crippen LogP contribution in [0.1, 0.15) is 19.3 Å². The normalized spacial score (nSPS) is 30.0. The molecule has 7 heteroatoms. The molecule has 1 aliphatic carbocycles. The van der Waals surface area contributed by atoms with Crippen molar-refractivity contribution < 1.29 is 14.3 Å². The van der Waals surface area contributed by atoms with E-state index in [1.54, 1.807) is 4.90 Å². The molecule has 0 bridgehead atoms. The van der Waals surface area contributed by atoms with Gasteiger partial charge in [0.15, 0.2) is 0 Å². The Labute approximate surface area is 129 Å². The Kier molecular flexibility index (Phi) is 5.03. The van der Waals surface area contributed by atoms with Crippen LogP contribution in [0.3, 0.4) is 0 Å². The Morgan fingerprint density at radius 1 is 1.38 bits per heavy atom. The van der Waals surface area contributed by atoms with Crippen molar-refractivity contribution in [2.75, 3.05) is 37.8 Å². The van der Waals surface area contributed by atoms with Gasteiger partial charge in [0, 0.05) is 43.1 Å². The molecule has 21 heavy (non-hydrogen) atoms. The number of amides is 2. The van der Waals surface area contributed by atoms with Gasteiger partial charge in [-0.05, 0) is 12.8 Å². The van der Waals surface area contributed by atoms with Crippen molar-refractivity contribution in [3.8, 4) is 0 Å². The summed E-state index contributed by atoms with van der Waals surface area (Å²) >= 11 is 1.88. The highest BCUT2D eigenvalue weighted by Crippen LogP contribution is 2.20. The summed E-state index contributed by atoms with van der Waals surface area (Å²) in [5, 5.41) is 6.35. The summed E-state index contributed by atoms with van der Waals surface area (Å²) in [5.41, 5.74) is 0. The summed E-state index contributed by atoms with van der Waals surface area (Å²) < 4.78 is 5.40. The fraction of sp³-hybridized carbons (Fsp3) is 0.857. The first-order chi connectivity index (χ1) is 10.2. The number of ether oxygens (including phenoxy) is 1. The summed E-state index contributed by atoms with van der Waals surface area (Å²) in [6, 6.07) is 0.0853. The van der Waals surface area contributed by atoms with Gasteiger partial charge in [0.2, 0.25) is 11.8 Å². The second-order valence-electron chi connectivity index (χ2n) is 5.89. The van der Waals surface area contributed by atoms with Crippen molar-refractivity contribution >= 4 is 23.6 Å². The number of nitrogens with one attached hydrogen (secondary N) is 2. The number of morpholine rings is 1. The Balaban J connectivity index is 1.56. The molecule has 2 atom stereocenters. The van der Waals surface area contributed by atoms with Crippen LogP contribution >= 0.6 is 11.8 Å². The monoisotopic (exact) mass is 313 g/mol.